The number of carbonyl (C=O) groups excluding carboxylic acids is 3. The van der Waals surface area contributed by atoms with Crippen molar-refractivity contribution >= 4 is 23.4 Å². The summed E-state index contributed by atoms with van der Waals surface area (Å²) in [6.07, 6.45) is 0. The lowest BCUT2D eigenvalue weighted by atomic mass is 9.95. The maximum atomic E-state index is 13.0. The molecule has 0 radical (unpaired) electrons. The number of hydrogen-bond donors (Lipinski definition) is 1. The number of rotatable bonds is 9. The predicted octanol–water partition coefficient (Wildman–Crippen LogP) is 3.71. The zero-order valence-corrected chi connectivity index (χ0v) is 19.7. The first-order valence-corrected chi connectivity index (χ1v) is 11.0. The Kier molecular flexibility index (Phi) is 8.07. The van der Waals surface area contributed by atoms with E-state index in [1.807, 2.05) is 13.8 Å². The molecule has 34 heavy (non-hydrogen) atoms. The molecule has 1 unspecified atom stereocenters. The SMILES string of the molecule is COCCN1C(=O)C(=O)/C(=C(\O)c2ccc(OCC(C)C)cc2)C1c1cccc(OC(C)=O)c1. The van der Waals surface area contributed by atoms with Crippen LogP contribution in [0.5, 0.6) is 11.5 Å². The summed E-state index contributed by atoms with van der Waals surface area (Å²) in [7, 11) is 1.50. The molecule has 0 aromatic heterocycles. The van der Waals surface area contributed by atoms with E-state index in [1.54, 1.807) is 48.5 Å². The van der Waals surface area contributed by atoms with Crippen LogP contribution in [-0.4, -0.2) is 54.5 Å². The molecule has 180 valence electrons. The fourth-order valence-corrected chi connectivity index (χ4v) is 3.69. The monoisotopic (exact) mass is 467 g/mol. The van der Waals surface area contributed by atoms with Gasteiger partial charge in [-0.2, -0.15) is 0 Å². The third kappa shape index (κ3) is 5.63. The zero-order valence-electron chi connectivity index (χ0n) is 19.7. The first-order chi connectivity index (χ1) is 16.2. The summed E-state index contributed by atoms with van der Waals surface area (Å²) >= 11 is 0. The number of carbonyl (C=O) groups is 3. The molecule has 1 aliphatic heterocycles. The van der Waals surface area contributed by atoms with Gasteiger partial charge in [0.1, 0.15) is 17.3 Å². The Morgan fingerprint density at radius 2 is 1.79 bits per heavy atom. The molecular formula is C26H29NO7. The molecule has 0 bridgehead atoms. The van der Waals surface area contributed by atoms with Gasteiger partial charge in [-0.3, -0.25) is 14.4 Å². The smallest absolute Gasteiger partial charge is 0.308 e. The van der Waals surface area contributed by atoms with Crippen molar-refractivity contribution in [3.63, 3.8) is 0 Å². The van der Waals surface area contributed by atoms with Crippen LogP contribution in [0, 0.1) is 5.92 Å². The van der Waals surface area contributed by atoms with E-state index >= 15 is 0 Å². The Hall–Kier alpha value is -3.65. The average Bonchev–Trinajstić information content (AvgIpc) is 3.06. The Balaban J connectivity index is 2.05. The highest BCUT2D eigenvalue weighted by Gasteiger charge is 2.46. The maximum Gasteiger partial charge on any atom is 0.308 e. The highest BCUT2D eigenvalue weighted by molar-refractivity contribution is 6.46. The minimum absolute atomic E-state index is 0.0445. The van der Waals surface area contributed by atoms with E-state index in [1.165, 1.54) is 18.9 Å². The first kappa shape index (κ1) is 25.0. The van der Waals surface area contributed by atoms with Crippen LogP contribution in [0.1, 0.15) is 37.9 Å². The number of methoxy groups -OCH3 is 1. The molecule has 3 rings (SSSR count). The van der Waals surface area contributed by atoms with Crippen LogP contribution in [0.15, 0.2) is 54.1 Å². The van der Waals surface area contributed by atoms with Crippen LogP contribution >= 0.6 is 0 Å². The molecule has 1 fully saturated rings. The number of hydrogen-bond acceptors (Lipinski definition) is 7. The summed E-state index contributed by atoms with van der Waals surface area (Å²) < 4.78 is 16.0. The Morgan fingerprint density at radius 1 is 1.09 bits per heavy atom. The van der Waals surface area contributed by atoms with E-state index < -0.39 is 23.7 Å². The molecule has 8 nitrogen and oxygen atoms in total. The van der Waals surface area contributed by atoms with E-state index in [-0.39, 0.29) is 30.2 Å². The van der Waals surface area contributed by atoms with Crippen LogP contribution in [0.3, 0.4) is 0 Å². The van der Waals surface area contributed by atoms with Crippen LogP contribution in [0.25, 0.3) is 5.76 Å². The standard InChI is InChI=1S/C26H29NO7/c1-16(2)15-33-20-10-8-18(9-11-20)24(29)22-23(27(12-13-32-4)26(31)25(22)30)19-6-5-7-21(14-19)34-17(3)28/h5-11,14,16,23,29H,12-13,15H2,1-4H3/b24-22-. The molecule has 0 spiro atoms. The number of likely N-dealkylation sites (tertiary alicyclic amines) is 1. The highest BCUT2D eigenvalue weighted by Crippen LogP contribution is 2.40. The van der Waals surface area contributed by atoms with Crippen LogP contribution < -0.4 is 9.47 Å². The number of aliphatic hydroxyl groups excluding tert-OH is 1. The topological polar surface area (TPSA) is 102 Å². The summed E-state index contributed by atoms with van der Waals surface area (Å²) in [5, 5.41) is 11.1. The van der Waals surface area contributed by atoms with Crippen molar-refractivity contribution in [2.24, 2.45) is 5.92 Å². The number of Topliss-reactive ketones (excluding diaryl/α,β-unsaturated/α-hetero) is 1. The van der Waals surface area contributed by atoms with Gasteiger partial charge in [0.15, 0.2) is 0 Å². The quantitative estimate of drug-likeness (QED) is 0.197. The van der Waals surface area contributed by atoms with Gasteiger partial charge < -0.3 is 24.2 Å². The molecule has 8 heteroatoms. The number of benzene rings is 2. The molecule has 2 aromatic rings. The zero-order chi connectivity index (χ0) is 24.8. The average molecular weight is 468 g/mol. The van der Waals surface area contributed by atoms with Crippen molar-refractivity contribution in [2.45, 2.75) is 26.8 Å². The number of amides is 1. The molecular weight excluding hydrogens is 438 g/mol. The van der Waals surface area contributed by atoms with E-state index in [2.05, 4.69) is 0 Å². The van der Waals surface area contributed by atoms with Crippen LogP contribution in [0.4, 0.5) is 0 Å². The first-order valence-electron chi connectivity index (χ1n) is 11.0. The van der Waals surface area contributed by atoms with E-state index in [9.17, 15) is 19.5 Å². The van der Waals surface area contributed by atoms with Crippen molar-refractivity contribution < 1.29 is 33.7 Å². The van der Waals surface area contributed by atoms with Crippen molar-refractivity contribution in [3.05, 3.63) is 65.2 Å². The van der Waals surface area contributed by atoms with Gasteiger partial charge in [-0.05, 0) is 47.9 Å². The third-order valence-corrected chi connectivity index (χ3v) is 5.22. The van der Waals surface area contributed by atoms with Gasteiger partial charge in [0, 0.05) is 26.1 Å². The van der Waals surface area contributed by atoms with Crippen LogP contribution in [-0.2, 0) is 19.1 Å². The largest absolute Gasteiger partial charge is 0.507 e. The maximum absolute atomic E-state index is 13.0. The Morgan fingerprint density at radius 3 is 2.41 bits per heavy atom. The molecule has 0 aliphatic carbocycles. The molecule has 1 heterocycles. The van der Waals surface area contributed by atoms with E-state index in [4.69, 9.17) is 14.2 Å². The lowest BCUT2D eigenvalue weighted by Gasteiger charge is -2.25. The molecule has 1 atom stereocenters. The van der Waals surface area contributed by atoms with E-state index in [0.29, 0.717) is 29.4 Å². The molecule has 1 N–H and O–H groups in total. The van der Waals surface area contributed by atoms with E-state index in [0.717, 1.165) is 0 Å². The van der Waals surface area contributed by atoms with Crippen LogP contribution in [0.2, 0.25) is 0 Å². The minimum Gasteiger partial charge on any atom is -0.507 e. The molecule has 2 aromatic carbocycles. The highest BCUT2D eigenvalue weighted by atomic mass is 16.5. The van der Waals surface area contributed by atoms with Crippen molar-refractivity contribution in [3.8, 4) is 11.5 Å². The third-order valence-electron chi connectivity index (χ3n) is 5.22. The summed E-state index contributed by atoms with van der Waals surface area (Å²) in [5.41, 5.74) is 0.854. The summed E-state index contributed by atoms with van der Waals surface area (Å²) in [5.74, 6) is -1.05. The second-order valence-corrected chi connectivity index (χ2v) is 8.38. The number of nitrogens with zero attached hydrogens (tertiary/aromatic N) is 1. The number of aliphatic hydroxyl groups is 1. The summed E-state index contributed by atoms with van der Waals surface area (Å²) in [6, 6.07) is 12.4. The van der Waals surface area contributed by atoms with Gasteiger partial charge in [0.25, 0.3) is 11.7 Å². The number of ketones is 1. The Bertz CT molecular complexity index is 1090. The fraction of sp³-hybridized carbons (Fsp3) is 0.346. The van der Waals surface area contributed by atoms with Gasteiger partial charge in [-0.1, -0.05) is 26.0 Å². The van der Waals surface area contributed by atoms with Gasteiger partial charge >= 0.3 is 5.97 Å². The second-order valence-electron chi connectivity index (χ2n) is 8.38. The van der Waals surface area contributed by atoms with Crippen molar-refractivity contribution in [2.75, 3.05) is 26.9 Å². The normalized spacial score (nSPS) is 17.3. The van der Waals surface area contributed by atoms with Gasteiger partial charge in [-0.15, -0.1) is 0 Å². The minimum atomic E-state index is -0.873. The number of ether oxygens (including phenoxy) is 3. The number of esters is 1. The molecule has 1 aliphatic rings. The fourth-order valence-electron chi connectivity index (χ4n) is 3.69. The van der Waals surface area contributed by atoms with Crippen molar-refractivity contribution in [1.82, 2.24) is 4.90 Å². The van der Waals surface area contributed by atoms with Gasteiger partial charge in [0.05, 0.1) is 24.8 Å². The second kappa shape index (κ2) is 11.0. The van der Waals surface area contributed by atoms with Gasteiger partial charge in [-0.25, -0.2) is 0 Å². The Labute approximate surface area is 198 Å². The lowest BCUT2D eigenvalue weighted by Crippen LogP contribution is -2.32. The van der Waals surface area contributed by atoms with Crippen molar-refractivity contribution in [1.29, 1.82) is 0 Å². The van der Waals surface area contributed by atoms with Gasteiger partial charge in [0.2, 0.25) is 0 Å². The summed E-state index contributed by atoms with van der Waals surface area (Å²) in [4.78, 5) is 38.7. The lowest BCUT2D eigenvalue weighted by molar-refractivity contribution is -0.140. The molecule has 1 saturated heterocycles. The molecule has 1 amide bonds. The predicted molar refractivity (Wildman–Crippen MR) is 125 cm³/mol. The summed E-state index contributed by atoms with van der Waals surface area (Å²) in [6.45, 7) is 6.26. The molecule has 0 saturated carbocycles.